The van der Waals surface area contributed by atoms with E-state index in [9.17, 15) is 9.90 Å². The summed E-state index contributed by atoms with van der Waals surface area (Å²) in [6.45, 7) is 9.69. The van der Waals surface area contributed by atoms with Gasteiger partial charge in [-0.15, -0.1) is 0 Å². The summed E-state index contributed by atoms with van der Waals surface area (Å²) in [6, 6.07) is 3.87. The minimum Gasteiger partial charge on any atom is -0.507 e. The highest BCUT2D eigenvalue weighted by atomic mass is 16.3. The van der Waals surface area contributed by atoms with E-state index < -0.39 is 0 Å². The first-order valence-electron chi connectivity index (χ1n) is 5.54. The number of aryl methyl sites for hydroxylation is 1. The highest BCUT2D eigenvalue weighted by Crippen LogP contribution is 2.34. The van der Waals surface area contributed by atoms with Crippen molar-refractivity contribution in [3.63, 3.8) is 0 Å². The molecule has 2 heteroatoms. The zero-order valence-electron chi connectivity index (χ0n) is 10.7. The van der Waals surface area contributed by atoms with Gasteiger partial charge in [-0.2, -0.15) is 0 Å². The number of carbonyl (C=O) groups excluding carboxylic acids is 1. The predicted molar refractivity (Wildman–Crippen MR) is 65.9 cm³/mol. The minimum absolute atomic E-state index is 0.0701. The van der Waals surface area contributed by atoms with Crippen LogP contribution in [-0.4, -0.2) is 10.9 Å². The standard InChI is InChI=1S/C14H20O2/c1-9-6-11(8-10(2)15)13(16)12(7-9)14(3,4)5/h6-7,16H,8H2,1-5H3. The third kappa shape index (κ3) is 2.84. The summed E-state index contributed by atoms with van der Waals surface area (Å²) in [4.78, 5) is 11.1. The maximum Gasteiger partial charge on any atom is 0.134 e. The van der Waals surface area contributed by atoms with Crippen LogP contribution in [0.5, 0.6) is 5.75 Å². The van der Waals surface area contributed by atoms with Crippen LogP contribution in [0.4, 0.5) is 0 Å². The Labute approximate surface area is 97.3 Å². The number of hydrogen-bond donors (Lipinski definition) is 1. The van der Waals surface area contributed by atoms with Crippen molar-refractivity contribution in [1.82, 2.24) is 0 Å². The molecule has 0 bridgehead atoms. The molecule has 1 aromatic carbocycles. The molecule has 1 N–H and O–H groups in total. The minimum atomic E-state index is -0.109. The molecule has 0 unspecified atom stereocenters. The summed E-state index contributed by atoms with van der Waals surface area (Å²) in [5.74, 6) is 0.342. The van der Waals surface area contributed by atoms with Gasteiger partial charge >= 0.3 is 0 Å². The van der Waals surface area contributed by atoms with E-state index >= 15 is 0 Å². The van der Waals surface area contributed by atoms with E-state index in [0.29, 0.717) is 6.42 Å². The van der Waals surface area contributed by atoms with Crippen molar-refractivity contribution in [2.24, 2.45) is 0 Å². The first-order valence-corrected chi connectivity index (χ1v) is 5.54. The van der Waals surface area contributed by atoms with E-state index in [1.54, 1.807) is 6.92 Å². The maximum absolute atomic E-state index is 11.1. The molecule has 0 aliphatic carbocycles. The molecular weight excluding hydrogens is 200 g/mol. The molecule has 16 heavy (non-hydrogen) atoms. The van der Waals surface area contributed by atoms with Crippen molar-refractivity contribution in [3.05, 3.63) is 28.8 Å². The lowest BCUT2D eigenvalue weighted by atomic mass is 9.83. The van der Waals surface area contributed by atoms with Crippen LogP contribution in [0.1, 0.15) is 44.4 Å². The molecule has 2 nitrogen and oxygen atoms in total. The molecule has 0 fully saturated rings. The van der Waals surface area contributed by atoms with Crippen molar-refractivity contribution < 1.29 is 9.90 Å². The number of phenols is 1. The molecular formula is C14H20O2. The van der Waals surface area contributed by atoms with E-state index in [2.05, 4.69) is 20.8 Å². The van der Waals surface area contributed by atoms with E-state index in [0.717, 1.165) is 16.7 Å². The Hall–Kier alpha value is -1.31. The summed E-state index contributed by atoms with van der Waals surface area (Å²) >= 11 is 0. The molecule has 1 aromatic rings. The molecule has 0 spiro atoms. The number of carbonyl (C=O) groups is 1. The maximum atomic E-state index is 11.1. The molecule has 0 aromatic heterocycles. The van der Waals surface area contributed by atoms with Crippen LogP contribution in [0.2, 0.25) is 0 Å². The van der Waals surface area contributed by atoms with Crippen LogP contribution in [0.3, 0.4) is 0 Å². The second-order valence-electron chi connectivity index (χ2n) is 5.45. The lowest BCUT2D eigenvalue weighted by Gasteiger charge is -2.22. The molecule has 0 saturated heterocycles. The average molecular weight is 220 g/mol. The largest absolute Gasteiger partial charge is 0.507 e. The summed E-state index contributed by atoms with van der Waals surface area (Å²) < 4.78 is 0. The fourth-order valence-corrected chi connectivity index (χ4v) is 1.83. The number of Topliss-reactive ketones (excluding diaryl/α,β-unsaturated/α-hetero) is 1. The van der Waals surface area contributed by atoms with E-state index in [1.807, 2.05) is 19.1 Å². The van der Waals surface area contributed by atoms with Gasteiger partial charge in [0.15, 0.2) is 0 Å². The summed E-state index contributed by atoms with van der Waals surface area (Å²) in [5, 5.41) is 10.1. The van der Waals surface area contributed by atoms with Crippen molar-refractivity contribution in [2.75, 3.05) is 0 Å². The highest BCUT2D eigenvalue weighted by molar-refractivity contribution is 5.79. The zero-order valence-corrected chi connectivity index (χ0v) is 10.7. The zero-order chi connectivity index (χ0) is 12.5. The smallest absolute Gasteiger partial charge is 0.134 e. The van der Waals surface area contributed by atoms with Gasteiger partial charge < -0.3 is 5.11 Å². The Kier molecular flexibility index (Phi) is 3.41. The van der Waals surface area contributed by atoms with Gasteiger partial charge in [0.1, 0.15) is 11.5 Å². The average Bonchev–Trinajstić information content (AvgIpc) is 2.07. The molecule has 0 aliphatic rings. The van der Waals surface area contributed by atoms with Crippen LogP contribution >= 0.6 is 0 Å². The number of benzene rings is 1. The normalized spacial score (nSPS) is 11.6. The van der Waals surface area contributed by atoms with E-state index in [4.69, 9.17) is 0 Å². The van der Waals surface area contributed by atoms with Crippen molar-refractivity contribution in [2.45, 2.75) is 46.5 Å². The lowest BCUT2D eigenvalue weighted by molar-refractivity contribution is -0.116. The Balaban J connectivity index is 3.32. The highest BCUT2D eigenvalue weighted by Gasteiger charge is 2.20. The van der Waals surface area contributed by atoms with Gasteiger partial charge in [-0.25, -0.2) is 0 Å². The number of hydrogen-bond acceptors (Lipinski definition) is 2. The molecule has 88 valence electrons. The number of phenolic OH excluding ortho intramolecular Hbond substituents is 1. The number of rotatable bonds is 2. The molecule has 0 saturated carbocycles. The number of aromatic hydroxyl groups is 1. The van der Waals surface area contributed by atoms with E-state index in [-0.39, 0.29) is 16.9 Å². The Bertz CT molecular complexity index is 411. The first kappa shape index (κ1) is 12.8. The van der Waals surface area contributed by atoms with Crippen molar-refractivity contribution >= 4 is 5.78 Å². The summed E-state index contributed by atoms with van der Waals surface area (Å²) in [6.07, 6.45) is 0.302. The third-order valence-electron chi connectivity index (χ3n) is 2.58. The van der Waals surface area contributed by atoms with Gasteiger partial charge in [0.05, 0.1) is 0 Å². The van der Waals surface area contributed by atoms with Crippen LogP contribution in [0, 0.1) is 6.92 Å². The van der Waals surface area contributed by atoms with Crippen LogP contribution in [0.25, 0.3) is 0 Å². The topological polar surface area (TPSA) is 37.3 Å². The van der Waals surface area contributed by atoms with Gasteiger partial charge in [0.25, 0.3) is 0 Å². The van der Waals surface area contributed by atoms with E-state index in [1.165, 1.54) is 0 Å². The second-order valence-corrected chi connectivity index (χ2v) is 5.45. The van der Waals surface area contributed by atoms with Gasteiger partial charge in [-0.3, -0.25) is 4.79 Å². The summed E-state index contributed by atoms with van der Waals surface area (Å²) in [5.41, 5.74) is 2.61. The van der Waals surface area contributed by atoms with Gasteiger partial charge in [0, 0.05) is 12.0 Å². The van der Waals surface area contributed by atoms with Crippen molar-refractivity contribution in [1.29, 1.82) is 0 Å². The Morgan fingerprint density at radius 1 is 1.31 bits per heavy atom. The molecule has 0 radical (unpaired) electrons. The molecule has 0 heterocycles. The van der Waals surface area contributed by atoms with Crippen molar-refractivity contribution in [3.8, 4) is 5.75 Å². The second kappa shape index (κ2) is 4.28. The molecule has 0 aliphatic heterocycles. The molecule has 1 rings (SSSR count). The fourth-order valence-electron chi connectivity index (χ4n) is 1.83. The Morgan fingerprint density at radius 2 is 1.88 bits per heavy atom. The monoisotopic (exact) mass is 220 g/mol. The molecule has 0 amide bonds. The quantitative estimate of drug-likeness (QED) is 0.831. The third-order valence-corrected chi connectivity index (χ3v) is 2.58. The first-order chi connectivity index (χ1) is 7.21. The van der Waals surface area contributed by atoms with Crippen LogP contribution < -0.4 is 0 Å². The molecule has 0 atom stereocenters. The van der Waals surface area contributed by atoms with Gasteiger partial charge in [-0.1, -0.05) is 38.5 Å². The van der Waals surface area contributed by atoms with Gasteiger partial charge in [-0.05, 0) is 24.8 Å². The SMILES string of the molecule is CC(=O)Cc1cc(C)cc(C(C)(C)C)c1O. The predicted octanol–water partition coefficient (Wildman–Crippen LogP) is 3.13. The fraction of sp³-hybridized carbons (Fsp3) is 0.500. The lowest BCUT2D eigenvalue weighted by Crippen LogP contribution is -2.13. The van der Waals surface area contributed by atoms with Crippen LogP contribution in [0.15, 0.2) is 12.1 Å². The number of ketones is 1. The summed E-state index contributed by atoms with van der Waals surface area (Å²) in [7, 11) is 0. The van der Waals surface area contributed by atoms with Gasteiger partial charge in [0.2, 0.25) is 0 Å². The Morgan fingerprint density at radius 3 is 2.31 bits per heavy atom. The van der Waals surface area contributed by atoms with Crippen LogP contribution in [-0.2, 0) is 16.6 Å².